The number of benzene rings is 4. The molecule has 1 N–H and O–H groups in total. The van der Waals surface area contributed by atoms with Crippen molar-refractivity contribution >= 4 is 16.3 Å². The van der Waals surface area contributed by atoms with Gasteiger partial charge in [0, 0.05) is 13.1 Å². The molecule has 0 fully saturated rings. The molecule has 0 amide bonds. The fourth-order valence-electron chi connectivity index (χ4n) is 5.18. The van der Waals surface area contributed by atoms with Gasteiger partial charge in [0.05, 0.1) is 12.1 Å². The summed E-state index contributed by atoms with van der Waals surface area (Å²) in [6.07, 6.45) is -6.60. The van der Waals surface area contributed by atoms with Gasteiger partial charge in [-0.15, -0.1) is 0 Å². The number of aliphatic hydroxyl groups excluding tert-OH is 1. The van der Waals surface area contributed by atoms with Crippen LogP contribution in [0.3, 0.4) is 0 Å². The van der Waals surface area contributed by atoms with E-state index in [1.165, 1.54) is 12.1 Å². The number of hydrogen-bond donors (Lipinski definition) is 1. The van der Waals surface area contributed by atoms with Crippen molar-refractivity contribution in [3.63, 3.8) is 0 Å². The molecule has 0 aliphatic rings. The van der Waals surface area contributed by atoms with E-state index in [0.29, 0.717) is 18.7 Å². The zero-order valence-corrected chi connectivity index (χ0v) is 23.3. The molecule has 5 aromatic rings. The first kappa shape index (κ1) is 29.8. The maximum absolute atomic E-state index is 13.4. The van der Waals surface area contributed by atoms with E-state index in [1.54, 1.807) is 18.2 Å². The van der Waals surface area contributed by atoms with Gasteiger partial charge in [0.25, 0.3) is 6.08 Å². The van der Waals surface area contributed by atoms with Crippen molar-refractivity contribution in [1.29, 1.82) is 0 Å². The summed E-state index contributed by atoms with van der Waals surface area (Å²) in [6.45, 7) is 6.28. The molecule has 0 atom stereocenters. The molecule has 0 radical (unpaired) electrons. The van der Waals surface area contributed by atoms with Gasteiger partial charge >= 0.3 is 6.18 Å². The number of rotatable bonds is 9. The summed E-state index contributed by atoms with van der Waals surface area (Å²) in [5.41, 5.74) is 4.01. The van der Waals surface area contributed by atoms with Crippen molar-refractivity contribution in [2.24, 2.45) is 0 Å². The van der Waals surface area contributed by atoms with Crippen molar-refractivity contribution in [2.75, 3.05) is 0 Å². The van der Waals surface area contributed by atoms with E-state index in [0.717, 1.165) is 39.1 Å². The number of aryl methyl sites for hydroxylation is 1. The van der Waals surface area contributed by atoms with Gasteiger partial charge in [-0.1, -0.05) is 85.4 Å². The number of fused-ring (bicyclic) bond motifs is 1. The molecular formula is C35H28F5NO2. The van der Waals surface area contributed by atoms with Crippen molar-refractivity contribution in [3.05, 3.63) is 149 Å². The first-order valence-electron chi connectivity index (χ1n) is 13.5. The minimum atomic E-state index is -4.57. The van der Waals surface area contributed by atoms with Gasteiger partial charge in [0.15, 0.2) is 0 Å². The molecule has 0 bridgehead atoms. The summed E-state index contributed by atoms with van der Waals surface area (Å²) in [6, 6.07) is 28.3. The highest BCUT2D eigenvalue weighted by Crippen LogP contribution is 2.33. The summed E-state index contributed by atoms with van der Waals surface area (Å²) < 4.78 is 71.7. The Balaban J connectivity index is 1.44. The molecule has 0 saturated heterocycles. The van der Waals surface area contributed by atoms with E-state index in [2.05, 4.69) is 6.58 Å². The number of alkyl halides is 3. The number of halogens is 5. The van der Waals surface area contributed by atoms with Gasteiger partial charge in [0.1, 0.15) is 11.5 Å². The first-order chi connectivity index (χ1) is 20.5. The SMILES string of the molecule is C=C(O)C(=C(F)F)c1cccc(-c2ccc(CN(Cc3ccc(C(F)(F)F)o3)Cc3c(C)ccc4ccccc34)cc2)c1. The average Bonchev–Trinajstić information content (AvgIpc) is 3.44. The van der Waals surface area contributed by atoms with E-state index in [4.69, 9.17) is 4.42 Å². The van der Waals surface area contributed by atoms with Crippen LogP contribution < -0.4 is 0 Å². The lowest BCUT2D eigenvalue weighted by Gasteiger charge is -2.24. The molecule has 3 nitrogen and oxygen atoms in total. The van der Waals surface area contributed by atoms with Crippen molar-refractivity contribution in [1.82, 2.24) is 4.90 Å². The van der Waals surface area contributed by atoms with Crippen LogP contribution in [-0.4, -0.2) is 10.0 Å². The Labute approximate surface area is 245 Å². The van der Waals surface area contributed by atoms with E-state index in [-0.39, 0.29) is 17.9 Å². The molecule has 220 valence electrons. The molecule has 0 unspecified atom stereocenters. The molecule has 8 heteroatoms. The smallest absolute Gasteiger partial charge is 0.449 e. The Bertz CT molecular complexity index is 1800. The van der Waals surface area contributed by atoms with Crippen LogP contribution in [0.1, 0.15) is 33.8 Å². The van der Waals surface area contributed by atoms with E-state index in [9.17, 15) is 27.1 Å². The van der Waals surface area contributed by atoms with Gasteiger partial charge in [0.2, 0.25) is 5.76 Å². The Hall–Kier alpha value is -4.69. The number of furan rings is 1. The Morgan fingerprint density at radius 2 is 1.56 bits per heavy atom. The highest BCUT2D eigenvalue weighted by Gasteiger charge is 2.35. The van der Waals surface area contributed by atoms with Crippen molar-refractivity contribution in [3.8, 4) is 11.1 Å². The highest BCUT2D eigenvalue weighted by molar-refractivity contribution is 5.86. The summed E-state index contributed by atoms with van der Waals surface area (Å²) in [7, 11) is 0. The van der Waals surface area contributed by atoms with Crippen LogP contribution in [0.4, 0.5) is 22.0 Å². The standard InChI is InChI=1S/C35H28F5NO2/c1-22-10-13-26-6-3-4-9-30(26)31(22)21-41(20-29-16-17-32(43-29)35(38,39)40)19-24-11-14-25(15-12-24)27-7-5-8-28(18-27)33(23(2)42)34(36)37/h3-18,42H,2,19-21H2,1H3. The van der Waals surface area contributed by atoms with Gasteiger partial charge in [-0.3, -0.25) is 4.90 Å². The summed E-state index contributed by atoms with van der Waals surface area (Å²) in [4.78, 5) is 2.03. The quantitative estimate of drug-likeness (QED) is 0.106. The van der Waals surface area contributed by atoms with E-state index in [1.807, 2.05) is 72.5 Å². The number of allylic oxidation sites excluding steroid dienone is 1. The third-order valence-corrected chi connectivity index (χ3v) is 7.30. The normalized spacial score (nSPS) is 11.7. The second-order valence-electron chi connectivity index (χ2n) is 10.4. The number of aliphatic hydroxyl groups is 1. The Kier molecular flexibility index (Phi) is 8.50. The lowest BCUT2D eigenvalue weighted by Crippen LogP contribution is -2.23. The minimum Gasteiger partial charge on any atom is -0.508 e. The fraction of sp³-hybridized carbons (Fsp3) is 0.143. The largest absolute Gasteiger partial charge is 0.508 e. The van der Waals surface area contributed by atoms with Crippen LogP contribution >= 0.6 is 0 Å². The van der Waals surface area contributed by atoms with Crippen LogP contribution in [0.5, 0.6) is 0 Å². The molecule has 43 heavy (non-hydrogen) atoms. The summed E-state index contributed by atoms with van der Waals surface area (Å²) >= 11 is 0. The molecule has 0 aliphatic heterocycles. The third-order valence-electron chi connectivity index (χ3n) is 7.30. The van der Waals surface area contributed by atoms with Gasteiger partial charge in [-0.05, 0) is 69.3 Å². The maximum atomic E-state index is 13.4. The predicted octanol–water partition coefficient (Wildman–Crippen LogP) is 10.3. The fourth-order valence-corrected chi connectivity index (χ4v) is 5.18. The van der Waals surface area contributed by atoms with Crippen LogP contribution in [-0.2, 0) is 25.8 Å². The summed E-state index contributed by atoms with van der Waals surface area (Å²) in [5, 5.41) is 11.8. The van der Waals surface area contributed by atoms with Crippen LogP contribution in [0, 0.1) is 6.92 Å². The average molecular weight is 590 g/mol. The first-order valence-corrected chi connectivity index (χ1v) is 13.5. The van der Waals surface area contributed by atoms with E-state index < -0.39 is 29.3 Å². The van der Waals surface area contributed by atoms with Gasteiger partial charge < -0.3 is 9.52 Å². The molecule has 1 aromatic heterocycles. The van der Waals surface area contributed by atoms with Crippen molar-refractivity contribution < 1.29 is 31.5 Å². The second kappa shape index (κ2) is 12.3. The van der Waals surface area contributed by atoms with Gasteiger partial charge in [-0.2, -0.15) is 22.0 Å². The lowest BCUT2D eigenvalue weighted by atomic mass is 9.97. The van der Waals surface area contributed by atoms with Gasteiger partial charge in [-0.25, -0.2) is 0 Å². The maximum Gasteiger partial charge on any atom is 0.449 e. The van der Waals surface area contributed by atoms with Crippen LogP contribution in [0.25, 0.3) is 27.5 Å². The zero-order chi connectivity index (χ0) is 30.7. The minimum absolute atomic E-state index is 0.141. The van der Waals surface area contributed by atoms with Crippen LogP contribution in [0.2, 0.25) is 0 Å². The second-order valence-corrected chi connectivity index (χ2v) is 10.4. The molecule has 4 aromatic carbocycles. The molecule has 0 aliphatic carbocycles. The molecule has 0 spiro atoms. The molecule has 1 heterocycles. The predicted molar refractivity (Wildman–Crippen MR) is 158 cm³/mol. The molecule has 0 saturated carbocycles. The highest BCUT2D eigenvalue weighted by atomic mass is 19.4. The lowest BCUT2D eigenvalue weighted by molar-refractivity contribution is -0.153. The third kappa shape index (κ3) is 6.87. The summed E-state index contributed by atoms with van der Waals surface area (Å²) in [5.74, 6) is -1.55. The molecule has 5 rings (SSSR count). The number of hydrogen-bond acceptors (Lipinski definition) is 3. The zero-order valence-electron chi connectivity index (χ0n) is 23.3. The van der Waals surface area contributed by atoms with Crippen LogP contribution in [0.15, 0.2) is 120 Å². The Morgan fingerprint density at radius 3 is 2.23 bits per heavy atom. The number of nitrogens with zero attached hydrogens (tertiary/aromatic N) is 1. The van der Waals surface area contributed by atoms with Crippen molar-refractivity contribution in [2.45, 2.75) is 32.7 Å². The molecular weight excluding hydrogens is 561 g/mol. The topological polar surface area (TPSA) is 36.6 Å². The Morgan fingerprint density at radius 1 is 0.814 bits per heavy atom. The monoisotopic (exact) mass is 589 g/mol. The van der Waals surface area contributed by atoms with E-state index >= 15 is 0 Å².